The van der Waals surface area contributed by atoms with Crippen LogP contribution < -0.4 is 20.7 Å². The van der Waals surface area contributed by atoms with Gasteiger partial charge in [-0.15, -0.1) is 0 Å². The molecule has 0 aliphatic carbocycles. The smallest absolute Gasteiger partial charge is 0.460 e. The van der Waals surface area contributed by atoms with Crippen LogP contribution in [0.25, 0.3) is 0 Å². The predicted octanol–water partition coefficient (Wildman–Crippen LogP) is 3.21. The fourth-order valence-electron chi connectivity index (χ4n) is 4.03. The number of carbonyl (C=O) groups excluding carboxylic acids is 1. The minimum atomic E-state index is -3.40. The SMILES string of the molecule is CC(=O)O[Si](O[Si](C)(c1ccccc1)c1ccccc1)(c1ccccc1)c1ccccc1. The Hall–Kier alpha value is -3.26. The molecule has 0 aliphatic rings. The summed E-state index contributed by atoms with van der Waals surface area (Å²) >= 11 is 0. The molecule has 32 heavy (non-hydrogen) atoms. The average molecular weight is 455 g/mol. The lowest BCUT2D eigenvalue weighted by Gasteiger charge is -2.39. The summed E-state index contributed by atoms with van der Waals surface area (Å²) in [6, 6.07) is 40.4. The molecule has 0 unspecified atom stereocenters. The zero-order chi connectivity index (χ0) is 22.4. The van der Waals surface area contributed by atoms with E-state index in [-0.39, 0.29) is 5.97 Å². The third kappa shape index (κ3) is 4.36. The molecule has 0 heterocycles. The Morgan fingerprint density at radius 3 is 1.19 bits per heavy atom. The molecule has 5 heteroatoms. The fourth-order valence-corrected chi connectivity index (χ4v) is 12.6. The van der Waals surface area contributed by atoms with Gasteiger partial charge in [-0.05, 0) is 16.9 Å². The van der Waals surface area contributed by atoms with Crippen molar-refractivity contribution in [3.05, 3.63) is 121 Å². The van der Waals surface area contributed by atoms with E-state index in [0.717, 1.165) is 20.7 Å². The minimum Gasteiger partial charge on any atom is -0.488 e. The van der Waals surface area contributed by atoms with Gasteiger partial charge in [0.1, 0.15) is 0 Å². The second-order valence-electron chi connectivity index (χ2n) is 7.81. The van der Waals surface area contributed by atoms with E-state index in [0.29, 0.717) is 0 Å². The topological polar surface area (TPSA) is 35.5 Å². The van der Waals surface area contributed by atoms with Crippen LogP contribution >= 0.6 is 0 Å². The first-order valence-corrected chi connectivity index (χ1v) is 14.9. The maximum atomic E-state index is 12.5. The molecule has 0 saturated heterocycles. The summed E-state index contributed by atoms with van der Waals surface area (Å²) in [6.45, 7) is 3.65. The van der Waals surface area contributed by atoms with Crippen molar-refractivity contribution in [1.29, 1.82) is 0 Å². The van der Waals surface area contributed by atoms with Gasteiger partial charge in [0, 0.05) is 17.3 Å². The van der Waals surface area contributed by atoms with Gasteiger partial charge in [0.25, 0.3) is 5.97 Å². The van der Waals surface area contributed by atoms with Crippen LogP contribution in [0.5, 0.6) is 0 Å². The van der Waals surface area contributed by atoms with Gasteiger partial charge in [0.05, 0.1) is 0 Å². The molecule has 4 rings (SSSR count). The summed E-state index contributed by atoms with van der Waals surface area (Å²) in [5.41, 5.74) is 0. The summed E-state index contributed by atoms with van der Waals surface area (Å²) in [6.07, 6.45) is 0. The zero-order valence-corrected chi connectivity index (χ0v) is 20.3. The minimum absolute atomic E-state index is 0.346. The van der Waals surface area contributed by atoms with Gasteiger partial charge in [-0.2, -0.15) is 0 Å². The molecule has 0 aliphatic heterocycles. The van der Waals surface area contributed by atoms with Gasteiger partial charge < -0.3 is 8.54 Å². The molecule has 0 bridgehead atoms. The molecule has 4 aromatic carbocycles. The van der Waals surface area contributed by atoms with E-state index in [1.165, 1.54) is 6.92 Å². The summed E-state index contributed by atoms with van der Waals surface area (Å²) in [4.78, 5) is 12.5. The lowest BCUT2D eigenvalue weighted by molar-refractivity contribution is -0.133. The van der Waals surface area contributed by atoms with Crippen molar-refractivity contribution in [1.82, 2.24) is 0 Å². The summed E-state index contributed by atoms with van der Waals surface area (Å²) in [7, 11) is -6.18. The summed E-state index contributed by atoms with van der Waals surface area (Å²) in [5.74, 6) is -0.346. The number of hydrogen-bond donors (Lipinski definition) is 0. The van der Waals surface area contributed by atoms with Crippen LogP contribution in [-0.2, 0) is 13.3 Å². The third-order valence-electron chi connectivity index (χ3n) is 5.59. The van der Waals surface area contributed by atoms with Crippen LogP contribution in [0.4, 0.5) is 0 Å². The maximum absolute atomic E-state index is 12.5. The zero-order valence-electron chi connectivity index (χ0n) is 18.3. The van der Waals surface area contributed by atoms with Gasteiger partial charge in [0.2, 0.25) is 8.32 Å². The Labute approximate surface area is 191 Å². The molecule has 0 aromatic heterocycles. The lowest BCUT2D eigenvalue weighted by Crippen LogP contribution is -2.73. The molecule has 160 valence electrons. The maximum Gasteiger partial charge on any atom is 0.460 e. The van der Waals surface area contributed by atoms with E-state index < -0.39 is 16.9 Å². The van der Waals surface area contributed by atoms with Crippen LogP contribution in [0.1, 0.15) is 6.92 Å². The first kappa shape index (κ1) is 22.0. The van der Waals surface area contributed by atoms with Crippen molar-refractivity contribution in [2.45, 2.75) is 13.5 Å². The van der Waals surface area contributed by atoms with E-state index in [1.807, 2.05) is 97.1 Å². The number of hydrogen-bond acceptors (Lipinski definition) is 3. The van der Waals surface area contributed by atoms with Crippen molar-refractivity contribution in [2.75, 3.05) is 0 Å². The Kier molecular flexibility index (Phi) is 6.51. The molecule has 0 amide bonds. The van der Waals surface area contributed by atoms with Crippen molar-refractivity contribution >= 4 is 43.6 Å². The van der Waals surface area contributed by atoms with E-state index in [1.54, 1.807) is 0 Å². The van der Waals surface area contributed by atoms with E-state index in [4.69, 9.17) is 8.54 Å². The number of benzene rings is 4. The molecule has 0 saturated carbocycles. The van der Waals surface area contributed by atoms with Crippen LogP contribution in [0.2, 0.25) is 6.55 Å². The van der Waals surface area contributed by atoms with Gasteiger partial charge in [0.15, 0.2) is 0 Å². The van der Waals surface area contributed by atoms with Crippen molar-refractivity contribution in [3.8, 4) is 0 Å². The molecular formula is C27H26O3Si2. The van der Waals surface area contributed by atoms with Crippen LogP contribution in [0, 0.1) is 0 Å². The second-order valence-corrected chi connectivity index (χ2v) is 14.4. The highest BCUT2D eigenvalue weighted by atomic mass is 28.4. The predicted molar refractivity (Wildman–Crippen MR) is 135 cm³/mol. The molecule has 0 spiro atoms. The normalized spacial score (nSPS) is 11.7. The van der Waals surface area contributed by atoms with Crippen molar-refractivity contribution in [2.24, 2.45) is 0 Å². The van der Waals surface area contributed by atoms with E-state index in [9.17, 15) is 4.79 Å². The largest absolute Gasteiger partial charge is 0.488 e. The van der Waals surface area contributed by atoms with Crippen molar-refractivity contribution < 1.29 is 13.3 Å². The number of carbonyl (C=O) groups is 1. The van der Waals surface area contributed by atoms with Crippen LogP contribution in [0.3, 0.4) is 0 Å². The fraction of sp³-hybridized carbons (Fsp3) is 0.0741. The van der Waals surface area contributed by atoms with E-state index in [2.05, 4.69) is 30.8 Å². The molecular weight excluding hydrogens is 428 g/mol. The standard InChI is InChI=1S/C27H26O3Si2/c1-23(28)29-32(26-19-11-5-12-20-26,27-21-13-6-14-22-27)30-31(2,24-15-7-3-8-16-24)25-17-9-4-10-18-25/h3-22H,1-2H3. The van der Waals surface area contributed by atoms with Crippen molar-refractivity contribution in [3.63, 3.8) is 0 Å². The van der Waals surface area contributed by atoms with Gasteiger partial charge >= 0.3 is 8.56 Å². The highest BCUT2D eigenvalue weighted by Crippen LogP contribution is 2.19. The first-order chi connectivity index (χ1) is 15.5. The molecule has 0 radical (unpaired) electrons. The lowest BCUT2D eigenvalue weighted by atomic mass is 10.4. The Balaban J connectivity index is 1.99. The highest BCUT2D eigenvalue weighted by molar-refractivity contribution is 7.06. The second kappa shape index (κ2) is 9.48. The number of rotatable bonds is 7. The molecule has 0 N–H and O–H groups in total. The molecule has 4 aromatic rings. The average Bonchev–Trinajstić information content (AvgIpc) is 2.85. The van der Waals surface area contributed by atoms with Crippen LogP contribution in [0.15, 0.2) is 121 Å². The highest BCUT2D eigenvalue weighted by Gasteiger charge is 2.52. The Morgan fingerprint density at radius 2 is 0.875 bits per heavy atom. The monoisotopic (exact) mass is 454 g/mol. The van der Waals surface area contributed by atoms with Gasteiger partial charge in [-0.3, -0.25) is 4.79 Å². The van der Waals surface area contributed by atoms with Gasteiger partial charge in [-0.1, -0.05) is 121 Å². The quantitative estimate of drug-likeness (QED) is 0.402. The third-order valence-corrected chi connectivity index (χ3v) is 14.0. The summed E-state index contributed by atoms with van der Waals surface area (Å²) in [5, 5.41) is 4.07. The Morgan fingerprint density at radius 1 is 0.562 bits per heavy atom. The Bertz CT molecular complexity index is 1070. The van der Waals surface area contributed by atoms with E-state index >= 15 is 0 Å². The molecule has 0 fully saturated rings. The molecule has 3 nitrogen and oxygen atoms in total. The van der Waals surface area contributed by atoms with Crippen LogP contribution in [-0.4, -0.2) is 22.8 Å². The summed E-state index contributed by atoms with van der Waals surface area (Å²) < 4.78 is 13.6. The first-order valence-electron chi connectivity index (χ1n) is 10.7. The van der Waals surface area contributed by atoms with Gasteiger partial charge in [-0.25, -0.2) is 0 Å². The molecule has 0 atom stereocenters.